The maximum absolute atomic E-state index is 11.9. The first kappa shape index (κ1) is 16.1. The molecule has 19 heavy (non-hydrogen) atoms. The van der Waals surface area contributed by atoms with Crippen molar-refractivity contribution in [1.82, 2.24) is 4.72 Å². The predicted molar refractivity (Wildman–Crippen MR) is 72.0 cm³/mol. The lowest BCUT2D eigenvalue weighted by Gasteiger charge is -2.13. The van der Waals surface area contributed by atoms with Crippen LogP contribution in [0.25, 0.3) is 0 Å². The smallest absolute Gasteiger partial charge is 0.345 e. The fourth-order valence-electron chi connectivity index (χ4n) is 1.52. The molecule has 1 rings (SSSR count). The fraction of sp³-hybridized carbons (Fsp3) is 0.545. The van der Waals surface area contributed by atoms with E-state index in [1.807, 2.05) is 6.92 Å². The van der Waals surface area contributed by atoms with Crippen LogP contribution in [0.5, 0.6) is 0 Å². The molecule has 8 heteroatoms. The normalized spacial score (nSPS) is 13.4. The largest absolute Gasteiger partial charge is 0.477 e. The van der Waals surface area contributed by atoms with Gasteiger partial charge in [-0.25, -0.2) is 17.9 Å². The number of carboxylic acid groups (broad SMARTS) is 1. The number of carboxylic acids is 1. The van der Waals surface area contributed by atoms with Gasteiger partial charge in [-0.1, -0.05) is 13.3 Å². The first-order valence-corrected chi connectivity index (χ1v) is 8.19. The summed E-state index contributed by atoms with van der Waals surface area (Å²) in [7, 11) is -3.68. The highest BCUT2D eigenvalue weighted by atomic mass is 32.2. The summed E-state index contributed by atoms with van der Waals surface area (Å²) in [5.74, 6) is -1.07. The van der Waals surface area contributed by atoms with Crippen molar-refractivity contribution in [3.63, 3.8) is 0 Å². The first-order valence-electron chi connectivity index (χ1n) is 5.83. The Morgan fingerprint density at radius 3 is 2.68 bits per heavy atom. The minimum Gasteiger partial charge on any atom is -0.477 e. The molecule has 0 spiro atoms. The van der Waals surface area contributed by atoms with Gasteiger partial charge in [-0.05, 0) is 18.4 Å². The Bertz CT molecular complexity index is 523. The van der Waals surface area contributed by atoms with Crippen LogP contribution in [0.3, 0.4) is 0 Å². The molecule has 0 aliphatic carbocycles. The number of aliphatic hydroxyl groups is 1. The van der Waals surface area contributed by atoms with Gasteiger partial charge in [-0.2, -0.15) is 0 Å². The molecule has 0 aliphatic rings. The van der Waals surface area contributed by atoms with Crippen molar-refractivity contribution in [1.29, 1.82) is 0 Å². The van der Waals surface area contributed by atoms with Gasteiger partial charge >= 0.3 is 5.97 Å². The van der Waals surface area contributed by atoms with Gasteiger partial charge in [0, 0.05) is 18.5 Å². The van der Waals surface area contributed by atoms with E-state index in [0.717, 1.165) is 23.8 Å². The van der Waals surface area contributed by atoms with Gasteiger partial charge in [0.25, 0.3) is 0 Å². The van der Waals surface area contributed by atoms with Crippen molar-refractivity contribution < 1.29 is 23.4 Å². The Hall–Kier alpha value is -0.960. The minimum absolute atomic E-state index is 0.0113. The molecule has 0 saturated heterocycles. The summed E-state index contributed by atoms with van der Waals surface area (Å²) in [6, 6.07) is 1.14. The Labute approximate surface area is 116 Å². The molecule has 6 nitrogen and oxygen atoms in total. The second-order valence-electron chi connectivity index (χ2n) is 4.09. The number of hydrogen-bond donors (Lipinski definition) is 3. The van der Waals surface area contributed by atoms with Gasteiger partial charge in [0.2, 0.25) is 10.0 Å². The number of thiophene rings is 1. The average Bonchev–Trinajstić information content (AvgIpc) is 2.85. The molecule has 0 saturated carbocycles. The molecular formula is C11H17NO5S2. The summed E-state index contributed by atoms with van der Waals surface area (Å²) >= 11 is 0.876. The predicted octanol–water partition coefficient (Wildman–Crippen LogP) is 1.13. The van der Waals surface area contributed by atoms with Crippen molar-refractivity contribution in [2.24, 2.45) is 5.92 Å². The fourth-order valence-corrected chi connectivity index (χ4v) is 3.74. The van der Waals surface area contributed by atoms with Gasteiger partial charge in [0.05, 0.1) is 4.90 Å². The SMILES string of the molecule is CCC(CCO)CNS(=O)(=O)c1csc(C(=O)O)c1. The maximum Gasteiger partial charge on any atom is 0.345 e. The lowest BCUT2D eigenvalue weighted by molar-refractivity contribution is 0.0702. The third kappa shape index (κ3) is 4.57. The number of sulfonamides is 1. The Morgan fingerprint density at radius 2 is 2.21 bits per heavy atom. The van der Waals surface area contributed by atoms with E-state index in [9.17, 15) is 13.2 Å². The third-order valence-electron chi connectivity index (χ3n) is 2.77. The molecule has 1 aromatic heterocycles. The number of hydrogen-bond acceptors (Lipinski definition) is 5. The Kier molecular flexibility index (Phi) is 5.92. The number of carbonyl (C=O) groups is 1. The van der Waals surface area contributed by atoms with Crippen LogP contribution in [0.4, 0.5) is 0 Å². The molecule has 1 aromatic rings. The topological polar surface area (TPSA) is 104 Å². The van der Waals surface area contributed by atoms with Crippen LogP contribution < -0.4 is 4.72 Å². The molecule has 3 N–H and O–H groups in total. The summed E-state index contributed by atoms with van der Waals surface area (Å²) in [6.07, 6.45) is 1.29. The minimum atomic E-state index is -3.68. The number of aromatic carboxylic acids is 1. The van der Waals surface area contributed by atoms with E-state index in [1.54, 1.807) is 0 Å². The van der Waals surface area contributed by atoms with Crippen LogP contribution in [0.1, 0.15) is 29.4 Å². The molecule has 0 amide bonds. The molecule has 0 bridgehead atoms. The second-order valence-corrected chi connectivity index (χ2v) is 6.77. The van der Waals surface area contributed by atoms with E-state index in [1.165, 1.54) is 5.38 Å². The molecule has 1 unspecified atom stereocenters. The van der Waals surface area contributed by atoms with E-state index < -0.39 is 16.0 Å². The van der Waals surface area contributed by atoms with Crippen LogP contribution in [-0.2, 0) is 10.0 Å². The van der Waals surface area contributed by atoms with Gasteiger partial charge in [-0.15, -0.1) is 11.3 Å². The van der Waals surface area contributed by atoms with Gasteiger partial charge < -0.3 is 10.2 Å². The summed E-state index contributed by atoms with van der Waals surface area (Å²) in [5, 5.41) is 18.9. The van der Waals surface area contributed by atoms with E-state index in [0.29, 0.717) is 6.42 Å². The monoisotopic (exact) mass is 307 g/mol. The first-order chi connectivity index (χ1) is 8.90. The third-order valence-corrected chi connectivity index (χ3v) is 5.24. The zero-order chi connectivity index (χ0) is 14.5. The van der Waals surface area contributed by atoms with Crippen molar-refractivity contribution in [3.05, 3.63) is 16.3 Å². The van der Waals surface area contributed by atoms with Crippen molar-refractivity contribution in [2.75, 3.05) is 13.2 Å². The lowest BCUT2D eigenvalue weighted by Crippen LogP contribution is -2.29. The highest BCUT2D eigenvalue weighted by Gasteiger charge is 2.19. The molecule has 1 heterocycles. The lowest BCUT2D eigenvalue weighted by atomic mass is 10.0. The highest BCUT2D eigenvalue weighted by molar-refractivity contribution is 7.89. The van der Waals surface area contributed by atoms with Crippen molar-refractivity contribution in [3.8, 4) is 0 Å². The van der Waals surface area contributed by atoms with Crippen LogP contribution >= 0.6 is 11.3 Å². The molecule has 0 fully saturated rings. The Morgan fingerprint density at radius 1 is 1.53 bits per heavy atom. The van der Waals surface area contributed by atoms with E-state index in [2.05, 4.69) is 4.72 Å². The van der Waals surface area contributed by atoms with E-state index in [-0.39, 0.29) is 28.8 Å². The number of aliphatic hydroxyl groups excluding tert-OH is 1. The molecule has 108 valence electrons. The van der Waals surface area contributed by atoms with Gasteiger partial charge in [0.1, 0.15) is 4.88 Å². The highest BCUT2D eigenvalue weighted by Crippen LogP contribution is 2.19. The van der Waals surface area contributed by atoms with Gasteiger partial charge in [0.15, 0.2) is 0 Å². The summed E-state index contributed by atoms with van der Waals surface area (Å²) < 4.78 is 26.3. The Balaban J connectivity index is 2.72. The van der Waals surface area contributed by atoms with Crippen LogP contribution in [0.2, 0.25) is 0 Å². The van der Waals surface area contributed by atoms with E-state index >= 15 is 0 Å². The second kappa shape index (κ2) is 6.99. The van der Waals surface area contributed by atoms with Crippen LogP contribution in [0, 0.1) is 5.92 Å². The zero-order valence-electron chi connectivity index (χ0n) is 10.5. The number of rotatable bonds is 8. The zero-order valence-corrected chi connectivity index (χ0v) is 12.1. The van der Waals surface area contributed by atoms with Crippen molar-refractivity contribution >= 4 is 27.3 Å². The van der Waals surface area contributed by atoms with Gasteiger partial charge in [-0.3, -0.25) is 0 Å². The summed E-state index contributed by atoms with van der Waals surface area (Å²) in [4.78, 5) is 10.7. The van der Waals surface area contributed by atoms with Crippen LogP contribution in [0.15, 0.2) is 16.3 Å². The molecule has 0 radical (unpaired) electrons. The molecule has 0 aliphatic heterocycles. The molecule has 1 atom stereocenters. The maximum atomic E-state index is 11.9. The van der Waals surface area contributed by atoms with Crippen LogP contribution in [-0.4, -0.2) is 37.8 Å². The summed E-state index contributed by atoms with van der Waals surface area (Å²) in [5.41, 5.74) is 0. The molecular weight excluding hydrogens is 290 g/mol. The average molecular weight is 307 g/mol. The summed E-state index contributed by atoms with van der Waals surface area (Å²) in [6.45, 7) is 2.17. The molecule has 0 aromatic carbocycles. The number of nitrogens with one attached hydrogen (secondary N) is 1. The standard InChI is InChI=1S/C11H17NO5S2/c1-2-8(3-4-13)6-12-19(16,17)9-5-10(11(14)15)18-7-9/h5,7-8,12-13H,2-4,6H2,1H3,(H,14,15). The quantitative estimate of drug-likeness (QED) is 0.668. The van der Waals surface area contributed by atoms with Crippen molar-refractivity contribution in [2.45, 2.75) is 24.7 Å². The van der Waals surface area contributed by atoms with E-state index in [4.69, 9.17) is 10.2 Å².